The Morgan fingerprint density at radius 1 is 1.06 bits per heavy atom. The van der Waals surface area contributed by atoms with Gasteiger partial charge in [-0.15, -0.1) is 0 Å². The van der Waals surface area contributed by atoms with Gasteiger partial charge in [-0.25, -0.2) is 9.59 Å². The highest BCUT2D eigenvalue weighted by molar-refractivity contribution is 7.53. The summed E-state index contributed by atoms with van der Waals surface area (Å²) in [6, 6.07) is 15.1. The van der Waals surface area contributed by atoms with Crippen LogP contribution in [0.15, 0.2) is 54.6 Å². The molecule has 0 aliphatic heterocycles. The van der Waals surface area contributed by atoms with Crippen molar-refractivity contribution in [3.05, 3.63) is 65.7 Å². The van der Waals surface area contributed by atoms with Crippen molar-refractivity contribution in [2.75, 3.05) is 13.7 Å². The van der Waals surface area contributed by atoms with Crippen molar-refractivity contribution in [2.45, 2.75) is 32.3 Å². The lowest BCUT2D eigenvalue weighted by Gasteiger charge is -2.25. The van der Waals surface area contributed by atoms with Crippen molar-refractivity contribution in [3.8, 4) is 5.75 Å². The largest absolute Gasteiger partial charge is 0.497 e. The first-order chi connectivity index (χ1) is 14.8. The Bertz CT molecular complexity index is 903. The van der Waals surface area contributed by atoms with E-state index in [0.29, 0.717) is 5.75 Å². The molecule has 0 aliphatic rings. The average molecular weight is 451 g/mol. The molecule has 0 saturated heterocycles. The third-order valence-electron chi connectivity index (χ3n) is 4.15. The van der Waals surface area contributed by atoms with Gasteiger partial charge in [-0.3, -0.25) is 9.09 Å². The maximum absolute atomic E-state index is 13.0. The van der Waals surface area contributed by atoms with Crippen LogP contribution < -0.4 is 10.1 Å². The molecule has 2 aromatic rings. The van der Waals surface area contributed by atoms with Crippen LogP contribution >= 0.6 is 7.60 Å². The smallest absolute Gasteiger partial charge is 0.408 e. The topological polar surface area (TPSA) is 120 Å². The monoisotopic (exact) mass is 451 g/mol. The first-order valence-electron chi connectivity index (χ1n) is 9.55. The number of alkyl carbamates (subject to hydrolysis) is 1. The molecular formula is C21H26NO8P. The fourth-order valence-electron chi connectivity index (χ4n) is 2.61. The first-order valence-corrected chi connectivity index (χ1v) is 11.2. The van der Waals surface area contributed by atoms with E-state index in [1.807, 2.05) is 6.07 Å². The lowest BCUT2D eigenvalue weighted by atomic mass is 10.2. The molecule has 0 bridgehead atoms. The molecule has 2 rings (SSSR count). The molecule has 0 aliphatic carbocycles. The minimum Gasteiger partial charge on any atom is -0.497 e. The third kappa shape index (κ3) is 7.40. The Morgan fingerprint density at radius 2 is 1.71 bits per heavy atom. The summed E-state index contributed by atoms with van der Waals surface area (Å²) in [5.74, 6) is -1.77. The standard InChI is InChI=1S/C21H26NO8P/c1-4-28-20(23)15(2)30-31(25,26)19(17-10-12-18(27-3)13-11-17)22-21(24)29-14-16-8-6-5-7-9-16/h5-13,15,19H,4,14H2,1-3H3,(H,22,24)(H,25,26)/t15-,19+/m1/s1. The Balaban J connectivity index is 2.19. The van der Waals surface area contributed by atoms with Crippen molar-refractivity contribution in [1.29, 1.82) is 0 Å². The van der Waals surface area contributed by atoms with Gasteiger partial charge in [0.2, 0.25) is 0 Å². The number of hydrogen-bond donors (Lipinski definition) is 2. The number of hydrogen-bond acceptors (Lipinski definition) is 7. The van der Waals surface area contributed by atoms with Crippen LogP contribution in [0.1, 0.15) is 30.8 Å². The maximum Gasteiger partial charge on any atom is 0.408 e. The van der Waals surface area contributed by atoms with Crippen LogP contribution in [-0.4, -0.2) is 36.8 Å². The van der Waals surface area contributed by atoms with Gasteiger partial charge in [-0.1, -0.05) is 42.5 Å². The second kappa shape index (κ2) is 11.5. The molecule has 9 nitrogen and oxygen atoms in total. The van der Waals surface area contributed by atoms with E-state index in [0.717, 1.165) is 5.56 Å². The van der Waals surface area contributed by atoms with Crippen molar-refractivity contribution >= 4 is 19.7 Å². The van der Waals surface area contributed by atoms with Crippen LogP contribution in [0.4, 0.5) is 4.79 Å². The fourth-order valence-corrected chi connectivity index (χ4v) is 4.08. The molecule has 1 unspecified atom stereocenters. The molecule has 0 saturated carbocycles. The molecule has 31 heavy (non-hydrogen) atoms. The minimum absolute atomic E-state index is 0.0299. The van der Waals surface area contributed by atoms with E-state index < -0.39 is 31.5 Å². The van der Waals surface area contributed by atoms with Crippen molar-refractivity contribution in [3.63, 3.8) is 0 Å². The molecule has 10 heteroatoms. The average Bonchev–Trinajstić information content (AvgIpc) is 2.76. The van der Waals surface area contributed by atoms with Gasteiger partial charge in [-0.05, 0) is 37.1 Å². The SMILES string of the molecule is CCOC(=O)[C@@H](C)OP(=O)(O)[C@H](NC(=O)OCc1ccccc1)c1ccc(OC)cc1. The summed E-state index contributed by atoms with van der Waals surface area (Å²) in [7, 11) is -3.11. The van der Waals surface area contributed by atoms with E-state index in [9.17, 15) is 19.0 Å². The Labute approximate surface area is 180 Å². The minimum atomic E-state index is -4.58. The number of methoxy groups -OCH3 is 1. The van der Waals surface area contributed by atoms with Crippen molar-refractivity contribution in [1.82, 2.24) is 5.32 Å². The molecule has 2 aromatic carbocycles. The third-order valence-corrected chi connectivity index (χ3v) is 5.85. The van der Waals surface area contributed by atoms with E-state index in [4.69, 9.17) is 18.7 Å². The van der Waals surface area contributed by atoms with E-state index in [1.165, 1.54) is 26.2 Å². The maximum atomic E-state index is 13.0. The van der Waals surface area contributed by atoms with Gasteiger partial charge < -0.3 is 24.4 Å². The number of nitrogens with one attached hydrogen (secondary N) is 1. The quantitative estimate of drug-likeness (QED) is 0.414. The van der Waals surface area contributed by atoms with E-state index in [1.54, 1.807) is 43.3 Å². The lowest BCUT2D eigenvalue weighted by molar-refractivity contribution is -0.150. The molecular weight excluding hydrogens is 425 g/mol. The van der Waals surface area contributed by atoms with Crippen LogP contribution in [0.3, 0.4) is 0 Å². The predicted octanol–water partition coefficient (Wildman–Crippen LogP) is 3.77. The number of carbonyl (C=O) groups excluding carboxylic acids is 2. The summed E-state index contributed by atoms with van der Waals surface area (Å²) in [4.78, 5) is 34.8. The van der Waals surface area contributed by atoms with Crippen molar-refractivity contribution in [2.24, 2.45) is 0 Å². The van der Waals surface area contributed by atoms with Gasteiger partial charge in [0.05, 0.1) is 13.7 Å². The van der Waals surface area contributed by atoms with Crippen molar-refractivity contribution < 1.29 is 37.8 Å². The van der Waals surface area contributed by atoms with Gasteiger partial charge in [0.1, 0.15) is 12.4 Å². The van der Waals surface area contributed by atoms with Crippen LogP contribution in [0, 0.1) is 0 Å². The van der Waals surface area contributed by atoms with Crippen LogP contribution in [-0.2, 0) is 30.0 Å². The van der Waals surface area contributed by atoms with Gasteiger partial charge in [0.15, 0.2) is 11.9 Å². The van der Waals surface area contributed by atoms with Gasteiger partial charge in [0.25, 0.3) is 0 Å². The normalized spacial score (nSPS) is 14.6. The Hall–Kier alpha value is -2.87. The van der Waals surface area contributed by atoms with Crippen LogP contribution in [0.5, 0.6) is 5.75 Å². The molecule has 2 N–H and O–H groups in total. The second-order valence-corrected chi connectivity index (χ2v) is 8.30. The number of esters is 1. The number of carbonyl (C=O) groups is 2. The molecule has 0 heterocycles. The predicted molar refractivity (Wildman–Crippen MR) is 113 cm³/mol. The summed E-state index contributed by atoms with van der Waals surface area (Å²) in [5, 5.41) is 2.37. The molecule has 168 valence electrons. The number of benzene rings is 2. The summed E-state index contributed by atoms with van der Waals surface area (Å²) >= 11 is 0. The molecule has 3 atom stereocenters. The van der Waals surface area contributed by atoms with E-state index in [-0.39, 0.29) is 18.8 Å². The summed E-state index contributed by atoms with van der Waals surface area (Å²) in [6.45, 7) is 2.96. The zero-order valence-corrected chi connectivity index (χ0v) is 18.4. The first kappa shape index (κ1) is 24.4. The molecule has 0 aromatic heterocycles. The highest BCUT2D eigenvalue weighted by atomic mass is 31.2. The molecule has 0 fully saturated rings. The number of amides is 1. The second-order valence-electron chi connectivity index (χ2n) is 6.45. The fraction of sp³-hybridized carbons (Fsp3) is 0.333. The lowest BCUT2D eigenvalue weighted by Crippen LogP contribution is -2.31. The van der Waals surface area contributed by atoms with Gasteiger partial charge in [-0.2, -0.15) is 0 Å². The Kier molecular flexibility index (Phi) is 9.05. The van der Waals surface area contributed by atoms with E-state index in [2.05, 4.69) is 5.32 Å². The zero-order chi connectivity index (χ0) is 22.9. The number of rotatable bonds is 10. The Morgan fingerprint density at radius 3 is 2.29 bits per heavy atom. The van der Waals surface area contributed by atoms with E-state index >= 15 is 0 Å². The van der Waals surface area contributed by atoms with Crippen LogP contribution in [0.2, 0.25) is 0 Å². The summed E-state index contributed by atoms with van der Waals surface area (Å²) < 4.78 is 33.2. The highest BCUT2D eigenvalue weighted by Crippen LogP contribution is 2.56. The summed E-state index contributed by atoms with van der Waals surface area (Å²) in [6.07, 6.45) is -2.25. The molecule has 0 spiro atoms. The van der Waals surface area contributed by atoms with Gasteiger partial charge in [0, 0.05) is 0 Å². The zero-order valence-electron chi connectivity index (χ0n) is 17.5. The molecule has 0 radical (unpaired) electrons. The highest BCUT2D eigenvalue weighted by Gasteiger charge is 2.39. The van der Waals surface area contributed by atoms with Gasteiger partial charge >= 0.3 is 19.7 Å². The summed E-state index contributed by atoms with van der Waals surface area (Å²) in [5.41, 5.74) is 1.01. The number of ether oxygens (including phenoxy) is 3. The molecule has 1 amide bonds. The van der Waals surface area contributed by atoms with Crippen LogP contribution in [0.25, 0.3) is 0 Å².